The number of hydrazine groups is 1. The molecule has 2 aromatic rings. The van der Waals surface area contributed by atoms with E-state index in [0.29, 0.717) is 22.9 Å². The van der Waals surface area contributed by atoms with Crippen LogP contribution >= 0.6 is 0 Å². The summed E-state index contributed by atoms with van der Waals surface area (Å²) in [6, 6.07) is 11.8. The van der Waals surface area contributed by atoms with Crippen LogP contribution in [0.25, 0.3) is 0 Å². The van der Waals surface area contributed by atoms with E-state index in [9.17, 15) is 19.2 Å². The molecular weight excluding hydrogens is 442 g/mol. The quantitative estimate of drug-likeness (QED) is 0.358. The van der Waals surface area contributed by atoms with Gasteiger partial charge in [-0.15, -0.1) is 0 Å². The molecule has 1 N–H and O–H groups in total. The van der Waals surface area contributed by atoms with Crippen LogP contribution < -0.4 is 24.5 Å². The smallest absolute Gasteiger partial charge is 0.276 e. The third-order valence-corrected chi connectivity index (χ3v) is 4.97. The Morgan fingerprint density at radius 2 is 1.74 bits per heavy atom. The van der Waals surface area contributed by atoms with Gasteiger partial charge in [0.15, 0.2) is 6.61 Å². The first-order valence-electron chi connectivity index (χ1n) is 10.4. The van der Waals surface area contributed by atoms with E-state index in [4.69, 9.17) is 14.2 Å². The molecule has 1 atom stereocenters. The van der Waals surface area contributed by atoms with E-state index in [1.807, 2.05) is 0 Å². The molecule has 0 aliphatic carbocycles. The van der Waals surface area contributed by atoms with Crippen LogP contribution in [0.4, 0.5) is 5.69 Å². The highest BCUT2D eigenvalue weighted by molar-refractivity contribution is 6.23. The molecule has 1 heterocycles. The maximum absolute atomic E-state index is 13.1. The average molecular weight is 467 g/mol. The second kappa shape index (κ2) is 11.0. The Hall–Kier alpha value is -4.34. The minimum Gasteiger partial charge on any atom is -0.497 e. The summed E-state index contributed by atoms with van der Waals surface area (Å²) < 4.78 is 15.7. The minimum absolute atomic E-state index is 0.293. The number of nitrogens with one attached hydrogen (secondary N) is 1. The fourth-order valence-electron chi connectivity index (χ4n) is 3.34. The molecule has 0 bridgehead atoms. The van der Waals surface area contributed by atoms with Crippen molar-refractivity contribution in [2.24, 2.45) is 0 Å². The van der Waals surface area contributed by atoms with E-state index in [1.165, 1.54) is 32.4 Å². The highest BCUT2D eigenvalue weighted by Gasteiger charge is 2.45. The maximum Gasteiger partial charge on any atom is 0.276 e. The fraction of sp³-hybridized carbons (Fsp3) is 0.250. The lowest BCUT2D eigenvalue weighted by Crippen LogP contribution is -2.55. The first-order chi connectivity index (χ1) is 16.4. The third kappa shape index (κ3) is 5.52. The summed E-state index contributed by atoms with van der Waals surface area (Å²) in [7, 11) is 3.00. The lowest BCUT2D eigenvalue weighted by Gasteiger charge is -2.26. The maximum atomic E-state index is 13.1. The largest absolute Gasteiger partial charge is 0.497 e. The second-order valence-corrected chi connectivity index (χ2v) is 7.20. The number of rotatable bonds is 8. The molecule has 1 unspecified atom stereocenters. The molecule has 10 heteroatoms. The molecule has 178 valence electrons. The molecular formula is C24H25N3O7. The van der Waals surface area contributed by atoms with Crippen LogP contribution in [0, 0.1) is 0 Å². The van der Waals surface area contributed by atoms with Gasteiger partial charge in [0.05, 0.1) is 26.3 Å². The summed E-state index contributed by atoms with van der Waals surface area (Å²) in [6.07, 6.45) is 2.37. The van der Waals surface area contributed by atoms with E-state index < -0.39 is 36.3 Å². The normalized spacial score (nSPS) is 15.4. The number of hydrogen-bond acceptors (Lipinski definition) is 7. The van der Waals surface area contributed by atoms with E-state index in [0.717, 1.165) is 9.91 Å². The number of nitrogens with zero attached hydrogens (tertiary/aromatic N) is 2. The van der Waals surface area contributed by atoms with E-state index in [2.05, 4.69) is 5.43 Å². The van der Waals surface area contributed by atoms with Crippen molar-refractivity contribution in [1.29, 1.82) is 0 Å². The van der Waals surface area contributed by atoms with Gasteiger partial charge in [-0.2, -0.15) is 0 Å². The lowest BCUT2D eigenvalue weighted by atomic mass is 10.2. The van der Waals surface area contributed by atoms with E-state index in [1.54, 1.807) is 49.4 Å². The van der Waals surface area contributed by atoms with Crippen molar-refractivity contribution in [1.82, 2.24) is 10.4 Å². The number of ether oxygens (including phenoxy) is 3. The Morgan fingerprint density at radius 1 is 1.06 bits per heavy atom. The third-order valence-electron chi connectivity index (χ3n) is 4.97. The van der Waals surface area contributed by atoms with Crippen LogP contribution in [0.3, 0.4) is 0 Å². The van der Waals surface area contributed by atoms with Gasteiger partial charge < -0.3 is 14.2 Å². The van der Waals surface area contributed by atoms with Gasteiger partial charge in [-0.05, 0) is 43.3 Å². The van der Waals surface area contributed by atoms with Crippen molar-refractivity contribution in [2.45, 2.75) is 19.4 Å². The number of benzene rings is 2. The molecule has 4 amide bonds. The Bertz CT molecular complexity index is 1100. The first kappa shape index (κ1) is 24.3. The number of methoxy groups -OCH3 is 2. The topological polar surface area (TPSA) is 114 Å². The summed E-state index contributed by atoms with van der Waals surface area (Å²) in [5.74, 6) is -0.971. The monoisotopic (exact) mass is 467 g/mol. The molecule has 34 heavy (non-hydrogen) atoms. The molecule has 2 aromatic carbocycles. The van der Waals surface area contributed by atoms with Crippen LogP contribution in [0.15, 0.2) is 60.7 Å². The van der Waals surface area contributed by atoms with Crippen LogP contribution in [-0.2, 0) is 19.2 Å². The van der Waals surface area contributed by atoms with Crippen molar-refractivity contribution in [3.05, 3.63) is 60.7 Å². The number of anilines is 1. The first-order valence-corrected chi connectivity index (χ1v) is 10.4. The molecule has 3 rings (SSSR count). The number of carbonyl (C=O) groups excluding carboxylic acids is 4. The van der Waals surface area contributed by atoms with Crippen molar-refractivity contribution < 1.29 is 33.4 Å². The molecule has 10 nitrogen and oxygen atoms in total. The number of carbonyl (C=O) groups is 4. The number of allylic oxidation sites excluding steroid dienone is 1. The molecule has 1 aliphatic heterocycles. The van der Waals surface area contributed by atoms with Gasteiger partial charge in [-0.3, -0.25) is 24.6 Å². The Labute approximate surface area is 196 Å². The fourth-order valence-corrected chi connectivity index (χ4v) is 3.34. The summed E-state index contributed by atoms with van der Waals surface area (Å²) in [4.78, 5) is 52.0. The zero-order valence-electron chi connectivity index (χ0n) is 19.0. The predicted octanol–water partition coefficient (Wildman–Crippen LogP) is 1.85. The SMILES string of the molecule is CC=CC(=O)N(NC(=O)COc1ccc(OC)cc1)C1CC(=O)N(c2cccc(OC)c2)C1=O. The predicted molar refractivity (Wildman–Crippen MR) is 122 cm³/mol. The van der Waals surface area contributed by atoms with Gasteiger partial charge >= 0.3 is 0 Å². The van der Waals surface area contributed by atoms with Gasteiger partial charge in [0, 0.05) is 12.1 Å². The zero-order valence-corrected chi connectivity index (χ0v) is 19.0. The lowest BCUT2D eigenvalue weighted by molar-refractivity contribution is -0.144. The molecule has 1 saturated heterocycles. The van der Waals surface area contributed by atoms with Crippen LogP contribution in [0.1, 0.15) is 13.3 Å². The number of amides is 4. The van der Waals surface area contributed by atoms with Crippen molar-refractivity contribution in [3.63, 3.8) is 0 Å². The molecule has 0 spiro atoms. The highest BCUT2D eigenvalue weighted by Crippen LogP contribution is 2.28. The van der Waals surface area contributed by atoms with Gasteiger partial charge in [0.2, 0.25) is 5.91 Å². The highest BCUT2D eigenvalue weighted by atomic mass is 16.5. The van der Waals surface area contributed by atoms with E-state index in [-0.39, 0.29) is 6.42 Å². The summed E-state index contributed by atoms with van der Waals surface area (Å²) >= 11 is 0. The zero-order chi connectivity index (χ0) is 24.7. The molecule has 1 aliphatic rings. The Morgan fingerprint density at radius 3 is 2.38 bits per heavy atom. The molecule has 0 aromatic heterocycles. The molecule has 1 fully saturated rings. The number of hydrogen-bond donors (Lipinski definition) is 1. The van der Waals surface area contributed by atoms with Crippen molar-refractivity contribution in [3.8, 4) is 17.2 Å². The van der Waals surface area contributed by atoms with Crippen molar-refractivity contribution >= 4 is 29.3 Å². The summed E-state index contributed by atoms with van der Waals surface area (Å²) in [5.41, 5.74) is 2.71. The minimum atomic E-state index is -1.22. The molecule has 0 saturated carbocycles. The summed E-state index contributed by atoms with van der Waals surface area (Å²) in [5, 5.41) is 0.861. The van der Waals surface area contributed by atoms with Crippen molar-refractivity contribution in [2.75, 3.05) is 25.7 Å². The molecule has 0 radical (unpaired) electrons. The Kier molecular flexibility index (Phi) is 7.86. The Balaban J connectivity index is 1.74. The van der Waals surface area contributed by atoms with Gasteiger partial charge in [-0.25, -0.2) is 9.91 Å². The van der Waals surface area contributed by atoms with Gasteiger partial charge in [-0.1, -0.05) is 12.1 Å². The van der Waals surface area contributed by atoms with Crippen LogP contribution in [0.2, 0.25) is 0 Å². The number of imide groups is 1. The second-order valence-electron chi connectivity index (χ2n) is 7.20. The van der Waals surface area contributed by atoms with Crippen LogP contribution in [-0.4, -0.2) is 55.5 Å². The average Bonchev–Trinajstić information content (AvgIpc) is 3.14. The van der Waals surface area contributed by atoms with Gasteiger partial charge in [0.25, 0.3) is 17.7 Å². The standard InChI is InChI=1S/C24H25N3O7/c1-4-6-22(29)27(25-21(28)15-34-18-11-9-17(32-2)10-12-18)20-14-23(30)26(24(20)31)16-7-5-8-19(13-16)33-3/h4-13,20H,14-15H2,1-3H3,(H,25,28). The summed E-state index contributed by atoms with van der Waals surface area (Å²) in [6.45, 7) is 1.20. The van der Waals surface area contributed by atoms with E-state index >= 15 is 0 Å². The van der Waals surface area contributed by atoms with Crippen LogP contribution in [0.5, 0.6) is 17.2 Å². The van der Waals surface area contributed by atoms with Gasteiger partial charge in [0.1, 0.15) is 23.3 Å².